The highest BCUT2D eigenvalue weighted by molar-refractivity contribution is 5.74. The fourth-order valence-electron chi connectivity index (χ4n) is 2.58. The second-order valence-electron chi connectivity index (χ2n) is 4.90. The highest BCUT2D eigenvalue weighted by Gasteiger charge is 2.26. The maximum absolute atomic E-state index is 9.01. The summed E-state index contributed by atoms with van der Waals surface area (Å²) in [5, 5.41) is 9.01. The van der Waals surface area contributed by atoms with Crippen molar-refractivity contribution in [2.75, 3.05) is 17.2 Å². The number of nitrogens with zero attached hydrogens (tertiary/aromatic N) is 2. The van der Waals surface area contributed by atoms with E-state index >= 15 is 0 Å². The van der Waals surface area contributed by atoms with Gasteiger partial charge in [0.2, 0.25) is 0 Å². The fraction of sp³-hybridized carbons (Fsp3) is 0.500. The first kappa shape index (κ1) is 11.8. The van der Waals surface area contributed by atoms with Gasteiger partial charge < -0.3 is 10.6 Å². The van der Waals surface area contributed by atoms with E-state index in [1.807, 2.05) is 12.1 Å². The van der Waals surface area contributed by atoms with E-state index < -0.39 is 0 Å². The number of piperidine rings is 1. The summed E-state index contributed by atoms with van der Waals surface area (Å²) in [6.07, 6.45) is 2.47. The standard InChI is InChI=1S/C14H19N3/c1-10-5-4-8-17(11(10)2)13-7-3-6-12(9-15)14(13)16/h3,6-7,10-11H,4-5,8,16H2,1-2H3. The number of rotatable bonds is 1. The molecule has 0 bridgehead atoms. The first-order chi connectivity index (χ1) is 8.15. The number of para-hydroxylation sites is 1. The van der Waals surface area contributed by atoms with E-state index in [1.54, 1.807) is 6.07 Å². The quantitative estimate of drug-likeness (QED) is 0.753. The predicted octanol–water partition coefficient (Wildman–Crippen LogP) is 2.77. The number of hydrogen-bond donors (Lipinski definition) is 1. The highest BCUT2D eigenvalue weighted by atomic mass is 15.2. The molecule has 3 heteroatoms. The molecule has 1 aliphatic heterocycles. The van der Waals surface area contributed by atoms with Crippen molar-refractivity contribution in [3.63, 3.8) is 0 Å². The van der Waals surface area contributed by atoms with Gasteiger partial charge in [0.15, 0.2) is 0 Å². The first-order valence-corrected chi connectivity index (χ1v) is 6.20. The van der Waals surface area contributed by atoms with Crippen molar-refractivity contribution < 1.29 is 0 Å². The van der Waals surface area contributed by atoms with Gasteiger partial charge >= 0.3 is 0 Å². The lowest BCUT2D eigenvalue weighted by atomic mass is 9.91. The van der Waals surface area contributed by atoms with Gasteiger partial charge in [-0.3, -0.25) is 0 Å². The van der Waals surface area contributed by atoms with Crippen LogP contribution in [0, 0.1) is 17.2 Å². The zero-order chi connectivity index (χ0) is 12.4. The Balaban J connectivity index is 2.37. The van der Waals surface area contributed by atoms with Gasteiger partial charge in [0.25, 0.3) is 0 Å². The van der Waals surface area contributed by atoms with Crippen LogP contribution in [0.25, 0.3) is 0 Å². The molecule has 2 N–H and O–H groups in total. The summed E-state index contributed by atoms with van der Waals surface area (Å²) in [6.45, 7) is 5.55. The number of benzene rings is 1. The van der Waals surface area contributed by atoms with E-state index in [0.29, 0.717) is 23.2 Å². The van der Waals surface area contributed by atoms with Gasteiger partial charge in [0, 0.05) is 12.6 Å². The van der Waals surface area contributed by atoms with Gasteiger partial charge in [-0.15, -0.1) is 0 Å². The van der Waals surface area contributed by atoms with E-state index in [4.69, 9.17) is 11.0 Å². The van der Waals surface area contributed by atoms with Crippen LogP contribution in [0.4, 0.5) is 11.4 Å². The van der Waals surface area contributed by atoms with Gasteiger partial charge in [-0.2, -0.15) is 5.26 Å². The Morgan fingerprint density at radius 1 is 1.41 bits per heavy atom. The normalized spacial score (nSPS) is 24.4. The molecule has 1 aromatic carbocycles. The number of anilines is 2. The van der Waals surface area contributed by atoms with Crippen LogP contribution in [0.1, 0.15) is 32.3 Å². The van der Waals surface area contributed by atoms with Crippen LogP contribution in [-0.4, -0.2) is 12.6 Å². The van der Waals surface area contributed by atoms with Gasteiger partial charge in [-0.05, 0) is 37.8 Å². The molecule has 0 aliphatic carbocycles. The lowest BCUT2D eigenvalue weighted by molar-refractivity contribution is 0.364. The maximum Gasteiger partial charge on any atom is 0.101 e. The summed E-state index contributed by atoms with van der Waals surface area (Å²) in [7, 11) is 0. The summed E-state index contributed by atoms with van der Waals surface area (Å²) in [6, 6.07) is 8.34. The predicted molar refractivity (Wildman–Crippen MR) is 70.8 cm³/mol. The van der Waals surface area contributed by atoms with E-state index in [9.17, 15) is 0 Å². The lowest BCUT2D eigenvalue weighted by Crippen LogP contribution is -2.42. The largest absolute Gasteiger partial charge is 0.396 e. The van der Waals surface area contributed by atoms with Gasteiger partial charge in [-0.25, -0.2) is 0 Å². The summed E-state index contributed by atoms with van der Waals surface area (Å²) in [5.74, 6) is 0.675. The molecule has 2 unspecified atom stereocenters. The summed E-state index contributed by atoms with van der Waals surface area (Å²) in [5.41, 5.74) is 8.28. The monoisotopic (exact) mass is 229 g/mol. The third-order valence-corrected chi connectivity index (χ3v) is 3.89. The Bertz CT molecular complexity index is 447. The molecule has 1 aliphatic rings. The van der Waals surface area contributed by atoms with Crippen LogP contribution < -0.4 is 10.6 Å². The molecule has 17 heavy (non-hydrogen) atoms. The van der Waals surface area contributed by atoms with Crippen LogP contribution in [0.2, 0.25) is 0 Å². The average molecular weight is 229 g/mol. The molecule has 0 aromatic heterocycles. The smallest absolute Gasteiger partial charge is 0.101 e. The van der Waals surface area contributed by atoms with Crippen LogP contribution in [-0.2, 0) is 0 Å². The Hall–Kier alpha value is -1.69. The first-order valence-electron chi connectivity index (χ1n) is 6.20. The molecular weight excluding hydrogens is 210 g/mol. The van der Waals surface area contributed by atoms with Crippen molar-refractivity contribution in [1.82, 2.24) is 0 Å². The minimum Gasteiger partial charge on any atom is -0.396 e. The molecule has 90 valence electrons. The summed E-state index contributed by atoms with van der Waals surface area (Å²) < 4.78 is 0. The van der Waals surface area contributed by atoms with Crippen LogP contribution in [0.5, 0.6) is 0 Å². The summed E-state index contributed by atoms with van der Waals surface area (Å²) in [4.78, 5) is 2.34. The Labute approximate surface area is 103 Å². The molecule has 1 aromatic rings. The van der Waals surface area contributed by atoms with E-state index in [0.717, 1.165) is 12.2 Å². The molecule has 2 atom stereocenters. The second-order valence-corrected chi connectivity index (χ2v) is 4.90. The molecule has 0 radical (unpaired) electrons. The number of hydrogen-bond acceptors (Lipinski definition) is 3. The Morgan fingerprint density at radius 2 is 2.18 bits per heavy atom. The molecule has 1 fully saturated rings. The van der Waals surface area contributed by atoms with Crippen molar-refractivity contribution in [1.29, 1.82) is 5.26 Å². The fourth-order valence-corrected chi connectivity index (χ4v) is 2.58. The molecular formula is C14H19N3. The SMILES string of the molecule is CC1CCCN(c2cccc(C#N)c2N)C1C. The minimum atomic E-state index is 0.486. The Morgan fingerprint density at radius 3 is 2.88 bits per heavy atom. The Kier molecular flexibility index (Phi) is 3.23. The zero-order valence-corrected chi connectivity index (χ0v) is 10.5. The van der Waals surface area contributed by atoms with E-state index in [1.165, 1.54) is 12.8 Å². The molecule has 0 spiro atoms. The van der Waals surface area contributed by atoms with Crippen LogP contribution >= 0.6 is 0 Å². The number of nitrogen functional groups attached to an aromatic ring is 1. The van der Waals surface area contributed by atoms with Crippen molar-refractivity contribution in [2.45, 2.75) is 32.7 Å². The van der Waals surface area contributed by atoms with Crippen molar-refractivity contribution >= 4 is 11.4 Å². The number of nitrogens with two attached hydrogens (primary N) is 1. The molecule has 2 rings (SSSR count). The maximum atomic E-state index is 9.01. The second kappa shape index (κ2) is 4.67. The van der Waals surface area contributed by atoms with Crippen molar-refractivity contribution in [3.8, 4) is 6.07 Å². The van der Waals surface area contributed by atoms with Crippen LogP contribution in [0.3, 0.4) is 0 Å². The van der Waals surface area contributed by atoms with Gasteiger partial charge in [0.1, 0.15) is 6.07 Å². The highest BCUT2D eigenvalue weighted by Crippen LogP contribution is 2.33. The third kappa shape index (κ3) is 2.08. The van der Waals surface area contributed by atoms with Crippen molar-refractivity contribution in [3.05, 3.63) is 23.8 Å². The molecule has 0 saturated carbocycles. The third-order valence-electron chi connectivity index (χ3n) is 3.89. The van der Waals surface area contributed by atoms with E-state index in [2.05, 4.69) is 24.8 Å². The minimum absolute atomic E-state index is 0.486. The molecule has 0 amide bonds. The molecule has 1 saturated heterocycles. The van der Waals surface area contributed by atoms with Crippen molar-refractivity contribution in [2.24, 2.45) is 5.92 Å². The average Bonchev–Trinajstić information content (AvgIpc) is 2.33. The topological polar surface area (TPSA) is 53.0 Å². The van der Waals surface area contributed by atoms with E-state index in [-0.39, 0.29) is 0 Å². The van der Waals surface area contributed by atoms with Gasteiger partial charge in [0.05, 0.1) is 16.9 Å². The lowest BCUT2D eigenvalue weighted by Gasteiger charge is -2.40. The zero-order valence-electron chi connectivity index (χ0n) is 10.5. The summed E-state index contributed by atoms with van der Waals surface area (Å²) >= 11 is 0. The van der Waals surface area contributed by atoms with Crippen LogP contribution in [0.15, 0.2) is 18.2 Å². The number of nitriles is 1. The van der Waals surface area contributed by atoms with Gasteiger partial charge in [-0.1, -0.05) is 13.0 Å². The molecule has 3 nitrogen and oxygen atoms in total. The molecule has 1 heterocycles.